The lowest BCUT2D eigenvalue weighted by Crippen LogP contribution is -2.35. The van der Waals surface area contributed by atoms with Crippen LogP contribution in [0.3, 0.4) is 0 Å². The minimum absolute atomic E-state index is 0.00103. The second-order valence-electron chi connectivity index (χ2n) is 6.35. The molecule has 0 aliphatic carbocycles. The SMILES string of the molecule is CCC(CC)COc1ccc(F)cc1CNC(C)(C)C. The highest BCUT2D eigenvalue weighted by Gasteiger charge is 2.13. The quantitative estimate of drug-likeness (QED) is 0.793. The van der Waals surface area contributed by atoms with Gasteiger partial charge in [0.15, 0.2) is 0 Å². The summed E-state index contributed by atoms with van der Waals surface area (Å²) in [6, 6.07) is 4.75. The Balaban J connectivity index is 2.74. The van der Waals surface area contributed by atoms with Crippen molar-refractivity contribution in [2.45, 2.75) is 59.5 Å². The summed E-state index contributed by atoms with van der Waals surface area (Å²) in [4.78, 5) is 0. The molecule has 3 heteroatoms. The highest BCUT2D eigenvalue weighted by Crippen LogP contribution is 2.22. The van der Waals surface area contributed by atoms with E-state index in [2.05, 4.69) is 39.9 Å². The van der Waals surface area contributed by atoms with Gasteiger partial charge >= 0.3 is 0 Å². The standard InChI is InChI=1S/C17H28FNO/c1-6-13(7-2)12-20-16-9-8-15(18)10-14(16)11-19-17(3,4)5/h8-10,13,19H,6-7,11-12H2,1-5H3. The molecule has 0 amide bonds. The average molecular weight is 281 g/mol. The van der Waals surface area contributed by atoms with Gasteiger partial charge in [-0.3, -0.25) is 0 Å². The molecule has 0 unspecified atom stereocenters. The summed E-state index contributed by atoms with van der Waals surface area (Å²) in [7, 11) is 0. The van der Waals surface area contributed by atoms with Crippen molar-refractivity contribution in [3.05, 3.63) is 29.6 Å². The van der Waals surface area contributed by atoms with Crippen LogP contribution in [0, 0.1) is 11.7 Å². The van der Waals surface area contributed by atoms with Gasteiger partial charge in [0.05, 0.1) is 6.61 Å². The van der Waals surface area contributed by atoms with Gasteiger partial charge in [0.25, 0.3) is 0 Å². The van der Waals surface area contributed by atoms with Crippen LogP contribution in [0.1, 0.15) is 53.0 Å². The van der Waals surface area contributed by atoms with Gasteiger partial charge in [0.1, 0.15) is 11.6 Å². The fourth-order valence-corrected chi connectivity index (χ4v) is 1.92. The molecule has 0 bridgehead atoms. The normalized spacial score (nSPS) is 11.9. The van der Waals surface area contributed by atoms with Crippen molar-refractivity contribution in [1.29, 1.82) is 0 Å². The third kappa shape index (κ3) is 5.91. The lowest BCUT2D eigenvalue weighted by atomic mass is 10.1. The van der Waals surface area contributed by atoms with Crippen LogP contribution in [-0.2, 0) is 6.54 Å². The Morgan fingerprint density at radius 2 is 1.85 bits per heavy atom. The molecular weight excluding hydrogens is 253 g/mol. The van der Waals surface area contributed by atoms with E-state index in [1.165, 1.54) is 6.07 Å². The molecular formula is C17H28FNO. The average Bonchev–Trinajstić information content (AvgIpc) is 2.38. The van der Waals surface area contributed by atoms with E-state index in [1.807, 2.05) is 0 Å². The Labute approximate surface area is 122 Å². The number of hydrogen-bond acceptors (Lipinski definition) is 2. The summed E-state index contributed by atoms with van der Waals surface area (Å²) in [6.45, 7) is 11.9. The molecule has 0 radical (unpaired) electrons. The first-order valence-electron chi connectivity index (χ1n) is 7.52. The topological polar surface area (TPSA) is 21.3 Å². The second-order valence-corrected chi connectivity index (χ2v) is 6.35. The van der Waals surface area contributed by atoms with Crippen LogP contribution in [0.25, 0.3) is 0 Å². The summed E-state index contributed by atoms with van der Waals surface area (Å²) >= 11 is 0. The van der Waals surface area contributed by atoms with Gasteiger partial charge in [-0.1, -0.05) is 26.7 Å². The lowest BCUT2D eigenvalue weighted by Gasteiger charge is -2.22. The molecule has 0 saturated carbocycles. The molecule has 0 aromatic heterocycles. The number of rotatable bonds is 7. The third-order valence-corrected chi connectivity index (χ3v) is 3.46. The first-order valence-corrected chi connectivity index (χ1v) is 7.52. The monoisotopic (exact) mass is 281 g/mol. The summed E-state index contributed by atoms with van der Waals surface area (Å²) in [5, 5.41) is 3.37. The van der Waals surface area contributed by atoms with Crippen LogP contribution in [0.15, 0.2) is 18.2 Å². The highest BCUT2D eigenvalue weighted by atomic mass is 19.1. The van der Waals surface area contributed by atoms with Crippen molar-refractivity contribution in [1.82, 2.24) is 5.32 Å². The molecule has 1 N–H and O–H groups in total. The minimum atomic E-state index is -0.217. The maximum atomic E-state index is 13.4. The van der Waals surface area contributed by atoms with E-state index in [0.717, 1.165) is 24.2 Å². The Morgan fingerprint density at radius 3 is 2.40 bits per heavy atom. The molecule has 0 aliphatic rings. The molecule has 0 saturated heterocycles. The fraction of sp³-hybridized carbons (Fsp3) is 0.647. The van der Waals surface area contributed by atoms with Crippen molar-refractivity contribution >= 4 is 0 Å². The predicted octanol–water partition coefficient (Wildman–Crippen LogP) is 4.53. The third-order valence-electron chi connectivity index (χ3n) is 3.46. The van der Waals surface area contributed by atoms with E-state index >= 15 is 0 Å². The maximum Gasteiger partial charge on any atom is 0.123 e. The summed E-state index contributed by atoms with van der Waals surface area (Å²) in [5.41, 5.74) is 0.879. The minimum Gasteiger partial charge on any atom is -0.493 e. The Hall–Kier alpha value is -1.09. The molecule has 0 aliphatic heterocycles. The van der Waals surface area contributed by atoms with E-state index in [1.54, 1.807) is 12.1 Å². The smallest absolute Gasteiger partial charge is 0.123 e. The highest BCUT2D eigenvalue weighted by molar-refractivity contribution is 5.34. The molecule has 114 valence electrons. The van der Waals surface area contributed by atoms with Gasteiger partial charge < -0.3 is 10.1 Å². The van der Waals surface area contributed by atoms with Crippen molar-refractivity contribution in [3.63, 3.8) is 0 Å². The van der Waals surface area contributed by atoms with E-state index in [4.69, 9.17) is 4.74 Å². The van der Waals surface area contributed by atoms with Crippen LogP contribution in [0.5, 0.6) is 5.75 Å². The molecule has 0 fully saturated rings. The van der Waals surface area contributed by atoms with Gasteiger partial charge in [-0.25, -0.2) is 4.39 Å². The molecule has 2 nitrogen and oxygen atoms in total. The van der Waals surface area contributed by atoms with Gasteiger partial charge in [0.2, 0.25) is 0 Å². The van der Waals surface area contributed by atoms with Crippen LogP contribution >= 0.6 is 0 Å². The summed E-state index contributed by atoms with van der Waals surface area (Å²) in [6.07, 6.45) is 2.21. The van der Waals surface area contributed by atoms with Gasteiger partial charge in [0, 0.05) is 17.6 Å². The van der Waals surface area contributed by atoms with E-state index in [9.17, 15) is 4.39 Å². The van der Waals surface area contributed by atoms with Gasteiger partial charge in [-0.05, 0) is 44.9 Å². The van der Waals surface area contributed by atoms with E-state index in [0.29, 0.717) is 19.1 Å². The second kappa shape index (κ2) is 7.63. The number of nitrogens with one attached hydrogen (secondary N) is 1. The fourth-order valence-electron chi connectivity index (χ4n) is 1.92. The van der Waals surface area contributed by atoms with Crippen LogP contribution < -0.4 is 10.1 Å². The van der Waals surface area contributed by atoms with Gasteiger partial charge in [-0.15, -0.1) is 0 Å². The molecule has 1 aromatic carbocycles. The van der Waals surface area contributed by atoms with Gasteiger partial charge in [-0.2, -0.15) is 0 Å². The zero-order valence-corrected chi connectivity index (χ0v) is 13.4. The molecule has 1 rings (SSSR count). The summed E-state index contributed by atoms with van der Waals surface area (Å²) in [5.74, 6) is 1.13. The zero-order valence-electron chi connectivity index (χ0n) is 13.4. The van der Waals surface area contributed by atoms with Crippen LogP contribution in [-0.4, -0.2) is 12.1 Å². The Morgan fingerprint density at radius 1 is 1.20 bits per heavy atom. The Kier molecular flexibility index (Phi) is 6.47. The lowest BCUT2D eigenvalue weighted by molar-refractivity contribution is 0.237. The van der Waals surface area contributed by atoms with Crippen molar-refractivity contribution in [2.75, 3.05) is 6.61 Å². The first-order chi connectivity index (χ1) is 9.35. The maximum absolute atomic E-state index is 13.4. The van der Waals surface area contributed by atoms with Crippen molar-refractivity contribution < 1.29 is 9.13 Å². The molecule has 0 atom stereocenters. The summed E-state index contributed by atoms with van der Waals surface area (Å²) < 4.78 is 19.3. The molecule has 0 heterocycles. The predicted molar refractivity (Wildman–Crippen MR) is 82.6 cm³/mol. The zero-order chi connectivity index (χ0) is 15.2. The van der Waals surface area contributed by atoms with Crippen molar-refractivity contribution in [2.24, 2.45) is 5.92 Å². The van der Waals surface area contributed by atoms with Crippen molar-refractivity contribution in [3.8, 4) is 5.75 Å². The number of hydrogen-bond donors (Lipinski definition) is 1. The largest absolute Gasteiger partial charge is 0.493 e. The first kappa shape index (κ1) is 17.0. The molecule has 1 aromatic rings. The molecule has 0 spiro atoms. The van der Waals surface area contributed by atoms with E-state index < -0.39 is 0 Å². The number of ether oxygens (including phenoxy) is 1. The van der Waals surface area contributed by atoms with Crippen LogP contribution in [0.4, 0.5) is 4.39 Å². The number of benzene rings is 1. The molecule has 20 heavy (non-hydrogen) atoms. The van der Waals surface area contributed by atoms with Crippen LogP contribution in [0.2, 0.25) is 0 Å². The Bertz CT molecular complexity index is 408. The van der Waals surface area contributed by atoms with E-state index in [-0.39, 0.29) is 11.4 Å². The number of halogens is 1.